The molecule has 1 N–H and O–H groups in total. The minimum Gasteiger partial charge on any atom is -0.266 e. The van der Waals surface area contributed by atoms with Crippen LogP contribution in [0, 0.1) is 5.92 Å². The number of nitrogens with one attached hydrogen (secondary N) is 1. The predicted octanol–water partition coefficient (Wildman–Crippen LogP) is 4.68. The van der Waals surface area contributed by atoms with E-state index in [0.29, 0.717) is 5.02 Å². The fourth-order valence-electron chi connectivity index (χ4n) is 2.83. The van der Waals surface area contributed by atoms with Crippen molar-refractivity contribution in [3.05, 3.63) is 56.2 Å². The summed E-state index contributed by atoms with van der Waals surface area (Å²) in [5.41, 5.74) is 4.85. The van der Waals surface area contributed by atoms with Crippen molar-refractivity contribution in [1.29, 1.82) is 0 Å². The number of carbonyl (C=O) groups is 1. The Morgan fingerprint density at radius 1 is 1.43 bits per heavy atom. The highest BCUT2D eigenvalue weighted by molar-refractivity contribution is 7.14. The fraction of sp³-hybridized carbons (Fsp3) is 0.333. The van der Waals surface area contributed by atoms with E-state index in [-0.39, 0.29) is 5.91 Å². The zero-order chi connectivity index (χ0) is 16.2. The lowest BCUT2D eigenvalue weighted by Gasteiger charge is -2.19. The van der Waals surface area contributed by atoms with Crippen LogP contribution in [0.1, 0.15) is 45.4 Å². The molecule has 0 aliphatic heterocycles. The number of carbonyl (C=O) groups excluding carboxylic acids is 1. The standard InChI is InChI=1S/C18H19ClN2OS/c1-2-12-5-8-16-14(9-12)10-17(23-16)18(22)21-20-11-13-3-6-15(19)7-4-13/h3-4,6-7,10-12H,2,5,8-9H2,1H3,(H,21,22)/b20-11-/t12-/m1/s1. The van der Waals surface area contributed by atoms with Crippen molar-refractivity contribution in [2.75, 3.05) is 0 Å². The molecular formula is C18H19ClN2OS. The molecule has 1 atom stereocenters. The molecule has 0 saturated carbocycles. The van der Waals surface area contributed by atoms with Crippen molar-refractivity contribution in [1.82, 2.24) is 5.43 Å². The molecule has 23 heavy (non-hydrogen) atoms. The topological polar surface area (TPSA) is 41.5 Å². The molecule has 0 unspecified atom stereocenters. The lowest BCUT2D eigenvalue weighted by atomic mass is 9.87. The maximum absolute atomic E-state index is 12.2. The van der Waals surface area contributed by atoms with Gasteiger partial charge in [-0.25, -0.2) is 5.43 Å². The maximum Gasteiger partial charge on any atom is 0.281 e. The third kappa shape index (κ3) is 4.01. The molecule has 5 heteroatoms. The molecule has 2 aromatic rings. The van der Waals surface area contributed by atoms with Gasteiger partial charge in [0.1, 0.15) is 0 Å². The van der Waals surface area contributed by atoms with Crippen molar-refractivity contribution in [2.45, 2.75) is 32.6 Å². The van der Waals surface area contributed by atoms with Gasteiger partial charge in [-0.3, -0.25) is 4.79 Å². The van der Waals surface area contributed by atoms with Gasteiger partial charge in [0, 0.05) is 9.90 Å². The Bertz CT molecular complexity index is 721. The summed E-state index contributed by atoms with van der Waals surface area (Å²) >= 11 is 7.43. The summed E-state index contributed by atoms with van der Waals surface area (Å²) < 4.78 is 0. The monoisotopic (exact) mass is 346 g/mol. The summed E-state index contributed by atoms with van der Waals surface area (Å²) in [4.78, 5) is 14.3. The van der Waals surface area contributed by atoms with E-state index >= 15 is 0 Å². The van der Waals surface area contributed by atoms with Crippen LogP contribution in [-0.4, -0.2) is 12.1 Å². The highest BCUT2D eigenvalue weighted by Gasteiger charge is 2.21. The van der Waals surface area contributed by atoms with Crippen LogP contribution in [-0.2, 0) is 12.8 Å². The van der Waals surface area contributed by atoms with Gasteiger partial charge in [0.05, 0.1) is 11.1 Å². The number of rotatable bonds is 4. The number of fused-ring (bicyclic) bond motifs is 1. The number of amides is 1. The highest BCUT2D eigenvalue weighted by Crippen LogP contribution is 2.33. The van der Waals surface area contributed by atoms with Crippen molar-refractivity contribution < 1.29 is 4.79 Å². The third-order valence-corrected chi connectivity index (χ3v) is 5.72. The molecule has 0 bridgehead atoms. The van der Waals surface area contributed by atoms with E-state index in [9.17, 15) is 4.79 Å². The minimum absolute atomic E-state index is 0.136. The predicted molar refractivity (Wildman–Crippen MR) is 96.6 cm³/mol. The Morgan fingerprint density at radius 2 is 2.22 bits per heavy atom. The van der Waals surface area contributed by atoms with Crippen LogP contribution < -0.4 is 5.43 Å². The first kappa shape index (κ1) is 16.2. The molecule has 0 radical (unpaired) electrons. The van der Waals surface area contributed by atoms with E-state index in [2.05, 4.69) is 17.5 Å². The molecule has 3 rings (SSSR count). The molecule has 1 amide bonds. The molecular weight excluding hydrogens is 328 g/mol. The molecule has 3 nitrogen and oxygen atoms in total. The minimum atomic E-state index is -0.136. The van der Waals surface area contributed by atoms with Gasteiger partial charge in [-0.1, -0.05) is 37.1 Å². The largest absolute Gasteiger partial charge is 0.281 e. The van der Waals surface area contributed by atoms with Crippen LogP contribution in [0.25, 0.3) is 0 Å². The lowest BCUT2D eigenvalue weighted by molar-refractivity contribution is 0.0959. The number of thiophene rings is 1. The summed E-state index contributed by atoms with van der Waals surface area (Å²) in [5, 5.41) is 4.71. The van der Waals surface area contributed by atoms with Crippen molar-refractivity contribution in [3.8, 4) is 0 Å². The zero-order valence-electron chi connectivity index (χ0n) is 13.0. The Labute approximate surface area is 145 Å². The molecule has 0 fully saturated rings. The Balaban J connectivity index is 1.63. The van der Waals surface area contributed by atoms with E-state index in [1.807, 2.05) is 18.2 Å². The second-order valence-corrected chi connectivity index (χ2v) is 7.40. The Morgan fingerprint density at radius 3 is 2.96 bits per heavy atom. The lowest BCUT2D eigenvalue weighted by Crippen LogP contribution is -2.16. The molecule has 1 aliphatic rings. The smallest absolute Gasteiger partial charge is 0.266 e. The van der Waals surface area contributed by atoms with Gasteiger partial charge >= 0.3 is 0 Å². The molecule has 1 heterocycles. The van der Waals surface area contributed by atoms with Gasteiger partial charge < -0.3 is 0 Å². The SMILES string of the molecule is CC[C@@H]1CCc2sc(C(=O)N/N=C\c3ccc(Cl)cc3)cc2C1. The van der Waals surface area contributed by atoms with Gasteiger partial charge in [0.25, 0.3) is 5.91 Å². The number of nitrogens with zero attached hydrogens (tertiary/aromatic N) is 1. The number of hydrogen-bond acceptors (Lipinski definition) is 3. The van der Waals surface area contributed by atoms with Gasteiger partial charge in [0.2, 0.25) is 0 Å². The maximum atomic E-state index is 12.2. The average Bonchev–Trinajstić information content (AvgIpc) is 2.99. The third-order valence-electron chi connectivity index (χ3n) is 4.24. The summed E-state index contributed by atoms with van der Waals surface area (Å²) in [6.45, 7) is 2.24. The molecule has 1 aliphatic carbocycles. The highest BCUT2D eigenvalue weighted by atomic mass is 35.5. The summed E-state index contributed by atoms with van der Waals surface area (Å²) in [7, 11) is 0. The van der Waals surface area contributed by atoms with Crippen molar-refractivity contribution in [3.63, 3.8) is 0 Å². The van der Waals surface area contributed by atoms with Crippen LogP contribution >= 0.6 is 22.9 Å². The van der Waals surface area contributed by atoms with E-state index < -0.39 is 0 Å². The van der Waals surface area contributed by atoms with Gasteiger partial charge in [-0.2, -0.15) is 5.10 Å². The van der Waals surface area contributed by atoms with E-state index in [0.717, 1.165) is 29.2 Å². The molecule has 120 valence electrons. The molecule has 1 aromatic heterocycles. The second-order valence-electron chi connectivity index (χ2n) is 5.83. The van der Waals surface area contributed by atoms with Crippen LogP contribution in [0.3, 0.4) is 0 Å². The van der Waals surface area contributed by atoms with Crippen LogP contribution in [0.4, 0.5) is 0 Å². The normalized spacial score (nSPS) is 17.2. The van der Waals surface area contributed by atoms with Crippen LogP contribution in [0.2, 0.25) is 5.02 Å². The number of hydrogen-bond donors (Lipinski definition) is 1. The number of benzene rings is 1. The first-order valence-corrected chi connectivity index (χ1v) is 9.05. The number of hydrazone groups is 1. The molecule has 0 saturated heterocycles. The van der Waals surface area contributed by atoms with Crippen LogP contribution in [0.15, 0.2) is 35.4 Å². The quantitative estimate of drug-likeness (QED) is 0.633. The first-order valence-electron chi connectivity index (χ1n) is 7.86. The number of halogens is 1. The van der Waals surface area contributed by atoms with Crippen LogP contribution in [0.5, 0.6) is 0 Å². The molecule has 1 aromatic carbocycles. The average molecular weight is 347 g/mol. The number of aryl methyl sites for hydroxylation is 1. The van der Waals surface area contributed by atoms with E-state index in [4.69, 9.17) is 11.6 Å². The van der Waals surface area contributed by atoms with E-state index in [1.54, 1.807) is 29.7 Å². The summed E-state index contributed by atoms with van der Waals surface area (Å²) in [6.07, 6.45) is 6.26. The van der Waals surface area contributed by atoms with Gasteiger partial charge in [-0.05, 0) is 54.5 Å². The first-order chi connectivity index (χ1) is 11.2. The fourth-order valence-corrected chi connectivity index (χ4v) is 4.05. The van der Waals surface area contributed by atoms with Crippen molar-refractivity contribution in [2.24, 2.45) is 11.0 Å². The zero-order valence-corrected chi connectivity index (χ0v) is 14.6. The van der Waals surface area contributed by atoms with E-state index in [1.165, 1.54) is 23.3 Å². The van der Waals surface area contributed by atoms with Crippen molar-refractivity contribution >= 4 is 35.1 Å². The van der Waals surface area contributed by atoms with Gasteiger partial charge in [-0.15, -0.1) is 11.3 Å². The Hall–Kier alpha value is -1.65. The second kappa shape index (κ2) is 7.28. The summed E-state index contributed by atoms with van der Waals surface area (Å²) in [5.74, 6) is 0.624. The van der Waals surface area contributed by atoms with Gasteiger partial charge in [0.15, 0.2) is 0 Å². The Kier molecular flexibility index (Phi) is 5.13. The summed E-state index contributed by atoms with van der Waals surface area (Å²) in [6, 6.07) is 9.33. The molecule has 0 spiro atoms.